The predicted molar refractivity (Wildman–Crippen MR) is 94.4 cm³/mol. The average Bonchev–Trinajstić information content (AvgIpc) is 2.67. The van der Waals surface area contributed by atoms with Crippen molar-refractivity contribution >= 4 is 5.97 Å². The molecule has 5 nitrogen and oxygen atoms in total. The zero-order valence-electron chi connectivity index (χ0n) is 14.2. The molecule has 1 fully saturated rings. The van der Waals surface area contributed by atoms with E-state index in [2.05, 4.69) is 0 Å². The number of carbonyl (C=O) groups excluding carboxylic acids is 1. The van der Waals surface area contributed by atoms with Crippen LogP contribution >= 0.6 is 0 Å². The molecule has 0 spiro atoms. The van der Waals surface area contributed by atoms with Gasteiger partial charge in [-0.1, -0.05) is 42.5 Å². The summed E-state index contributed by atoms with van der Waals surface area (Å²) in [6.45, 7) is 2.10. The number of rotatable bonds is 5. The first-order chi connectivity index (χ1) is 12.6. The molecule has 2 aromatic rings. The minimum absolute atomic E-state index is 0.299. The summed E-state index contributed by atoms with van der Waals surface area (Å²) in [5, 5.41) is 11.7. The smallest absolute Gasteiger partial charge is 0.349 e. The zero-order valence-corrected chi connectivity index (χ0v) is 14.2. The van der Waals surface area contributed by atoms with Gasteiger partial charge in [0.15, 0.2) is 0 Å². The van der Waals surface area contributed by atoms with E-state index < -0.39 is 12.1 Å². The molecule has 2 aromatic carbocycles. The van der Waals surface area contributed by atoms with E-state index in [1.165, 1.54) is 23.3 Å². The van der Waals surface area contributed by atoms with Crippen LogP contribution in [-0.2, 0) is 14.4 Å². The first-order valence-electron chi connectivity index (χ1n) is 8.39. The third kappa shape index (κ3) is 4.76. The van der Waals surface area contributed by atoms with Gasteiger partial charge in [0.05, 0.1) is 32.4 Å². The maximum absolute atomic E-state index is 13.8. The molecule has 0 bridgehead atoms. The highest BCUT2D eigenvalue weighted by Crippen LogP contribution is 2.24. The number of benzene rings is 2. The number of hydroxylamine groups is 2. The summed E-state index contributed by atoms with van der Waals surface area (Å²) >= 11 is 0. The van der Waals surface area contributed by atoms with Gasteiger partial charge in [-0.25, -0.2) is 9.18 Å². The predicted octanol–water partition coefficient (Wildman–Crippen LogP) is 2.87. The number of nitrogens with zero attached hydrogens (tertiary/aromatic N) is 1. The van der Waals surface area contributed by atoms with Crippen LogP contribution in [0, 0.1) is 5.82 Å². The van der Waals surface area contributed by atoms with E-state index in [1.807, 2.05) is 0 Å². The van der Waals surface area contributed by atoms with Crippen LogP contribution in [0.3, 0.4) is 0 Å². The first kappa shape index (κ1) is 18.3. The average molecular weight is 357 g/mol. The maximum atomic E-state index is 13.8. The molecule has 1 aliphatic heterocycles. The first-order valence-corrected chi connectivity index (χ1v) is 8.39. The number of aliphatic hydroxyl groups is 1. The summed E-state index contributed by atoms with van der Waals surface area (Å²) in [6.07, 6.45) is 1.60. The van der Waals surface area contributed by atoms with Gasteiger partial charge in [0.25, 0.3) is 0 Å². The van der Waals surface area contributed by atoms with E-state index in [-0.39, 0.29) is 5.82 Å². The van der Waals surface area contributed by atoms with Crippen LogP contribution in [0.25, 0.3) is 11.1 Å². The van der Waals surface area contributed by atoms with E-state index in [0.29, 0.717) is 37.4 Å². The summed E-state index contributed by atoms with van der Waals surface area (Å²) < 4.78 is 19.0. The Bertz CT molecular complexity index is 770. The number of carbonyl (C=O) groups is 1. The Labute approximate surface area is 151 Å². The van der Waals surface area contributed by atoms with Gasteiger partial charge in [0.1, 0.15) is 5.82 Å². The lowest BCUT2D eigenvalue weighted by Gasteiger charge is -2.24. The fourth-order valence-electron chi connectivity index (χ4n) is 2.63. The number of hydrogen-bond acceptors (Lipinski definition) is 5. The van der Waals surface area contributed by atoms with Crippen molar-refractivity contribution in [3.05, 3.63) is 72.1 Å². The number of aliphatic hydroxyl groups excluding tert-OH is 1. The van der Waals surface area contributed by atoms with Crippen LogP contribution in [-0.4, -0.2) is 42.4 Å². The third-order valence-corrected chi connectivity index (χ3v) is 4.04. The Morgan fingerprint density at radius 2 is 1.85 bits per heavy atom. The second-order valence-corrected chi connectivity index (χ2v) is 5.86. The summed E-state index contributed by atoms with van der Waals surface area (Å²) in [7, 11) is 0. The Hall–Kier alpha value is -2.54. The van der Waals surface area contributed by atoms with Gasteiger partial charge in [-0.3, -0.25) is 0 Å². The van der Waals surface area contributed by atoms with Gasteiger partial charge in [0.2, 0.25) is 0 Å². The molecule has 1 saturated heterocycles. The summed E-state index contributed by atoms with van der Waals surface area (Å²) in [5.74, 6) is -0.847. The molecule has 3 rings (SSSR count). The summed E-state index contributed by atoms with van der Waals surface area (Å²) in [6, 6.07) is 13.4. The lowest BCUT2D eigenvalue weighted by molar-refractivity contribution is -0.199. The molecule has 136 valence electrons. The van der Waals surface area contributed by atoms with Crippen molar-refractivity contribution < 1.29 is 23.9 Å². The molecule has 0 amide bonds. The van der Waals surface area contributed by atoms with Crippen molar-refractivity contribution in [1.29, 1.82) is 0 Å². The van der Waals surface area contributed by atoms with Crippen molar-refractivity contribution in [2.24, 2.45) is 0 Å². The maximum Gasteiger partial charge on any atom is 0.349 e. The minimum Gasteiger partial charge on any atom is -0.384 e. The molecule has 0 aromatic heterocycles. The standard InChI is InChI=1S/C20H20FNO4/c21-18-4-2-1-3-17(18)15-5-7-16(8-6-15)19(23)9-10-20(24)26-22-11-13-25-14-12-22/h1-10,19,23H,11-14H2/b10-9+. The van der Waals surface area contributed by atoms with Crippen molar-refractivity contribution in [3.8, 4) is 11.1 Å². The van der Waals surface area contributed by atoms with Crippen molar-refractivity contribution in [1.82, 2.24) is 5.06 Å². The third-order valence-electron chi connectivity index (χ3n) is 4.04. The molecular weight excluding hydrogens is 337 g/mol. The molecule has 1 unspecified atom stereocenters. The minimum atomic E-state index is -0.957. The van der Waals surface area contributed by atoms with Crippen LogP contribution in [0.4, 0.5) is 4.39 Å². The Morgan fingerprint density at radius 3 is 2.54 bits per heavy atom. The lowest BCUT2D eigenvalue weighted by Crippen LogP contribution is -2.37. The molecule has 26 heavy (non-hydrogen) atoms. The fourth-order valence-corrected chi connectivity index (χ4v) is 2.63. The number of hydrogen-bond donors (Lipinski definition) is 1. The second-order valence-electron chi connectivity index (χ2n) is 5.86. The fraction of sp³-hybridized carbons (Fsp3) is 0.250. The molecule has 0 radical (unpaired) electrons. The van der Waals surface area contributed by atoms with Crippen molar-refractivity contribution in [2.75, 3.05) is 26.3 Å². The van der Waals surface area contributed by atoms with Gasteiger partial charge in [-0.2, -0.15) is 0 Å². The molecule has 6 heteroatoms. The topological polar surface area (TPSA) is 59.0 Å². The van der Waals surface area contributed by atoms with E-state index in [9.17, 15) is 14.3 Å². The number of halogens is 1. The van der Waals surface area contributed by atoms with Crippen molar-refractivity contribution in [3.63, 3.8) is 0 Å². The monoisotopic (exact) mass is 357 g/mol. The van der Waals surface area contributed by atoms with Gasteiger partial charge in [-0.05, 0) is 23.3 Å². The quantitative estimate of drug-likeness (QED) is 0.834. The van der Waals surface area contributed by atoms with E-state index in [0.717, 1.165) is 5.56 Å². The van der Waals surface area contributed by atoms with E-state index in [4.69, 9.17) is 9.57 Å². The van der Waals surface area contributed by atoms with Gasteiger partial charge < -0.3 is 14.7 Å². The highest BCUT2D eigenvalue weighted by molar-refractivity contribution is 5.81. The lowest BCUT2D eigenvalue weighted by atomic mass is 10.0. The van der Waals surface area contributed by atoms with Crippen LogP contribution in [0.5, 0.6) is 0 Å². The summed E-state index contributed by atoms with van der Waals surface area (Å²) in [5.41, 5.74) is 1.81. The zero-order chi connectivity index (χ0) is 18.4. The largest absolute Gasteiger partial charge is 0.384 e. The molecule has 1 N–H and O–H groups in total. The number of morpholine rings is 1. The van der Waals surface area contributed by atoms with Gasteiger partial charge in [0, 0.05) is 11.6 Å². The van der Waals surface area contributed by atoms with Crippen LogP contribution in [0.15, 0.2) is 60.7 Å². The molecule has 0 aliphatic carbocycles. The highest BCUT2D eigenvalue weighted by Gasteiger charge is 2.14. The Kier molecular flexibility index (Phi) is 6.12. The van der Waals surface area contributed by atoms with Crippen LogP contribution in [0.2, 0.25) is 0 Å². The SMILES string of the molecule is O=C(/C=C/C(O)c1ccc(-c2ccccc2F)cc1)ON1CCOCC1. The normalized spacial score (nSPS) is 16.5. The molecule has 0 saturated carbocycles. The van der Waals surface area contributed by atoms with E-state index in [1.54, 1.807) is 42.5 Å². The van der Waals surface area contributed by atoms with Gasteiger partial charge >= 0.3 is 5.97 Å². The number of ether oxygens (including phenoxy) is 1. The second kappa shape index (κ2) is 8.71. The van der Waals surface area contributed by atoms with Crippen molar-refractivity contribution in [2.45, 2.75) is 6.10 Å². The Balaban J connectivity index is 1.60. The van der Waals surface area contributed by atoms with Crippen LogP contribution < -0.4 is 0 Å². The van der Waals surface area contributed by atoms with Crippen LogP contribution in [0.1, 0.15) is 11.7 Å². The Morgan fingerprint density at radius 1 is 1.15 bits per heavy atom. The van der Waals surface area contributed by atoms with E-state index >= 15 is 0 Å². The van der Waals surface area contributed by atoms with Gasteiger partial charge in [-0.15, -0.1) is 5.06 Å². The highest BCUT2D eigenvalue weighted by atomic mass is 19.1. The molecule has 1 atom stereocenters. The molecule has 1 heterocycles. The molecular formula is C20H20FNO4. The molecule has 1 aliphatic rings. The summed E-state index contributed by atoms with van der Waals surface area (Å²) in [4.78, 5) is 16.9.